The molecule has 3 nitrogen and oxygen atoms in total. The molecule has 0 saturated carbocycles. The number of benzene rings is 1. The standard InChI is InChI=1S/C10H11NO2.ClH/c12-10-11-9(6-7-13-10)8-4-2-1-3-5-8;/h1-5,9H,6-7H2,(H,11,12);1H/t9-;/m1./s1. The second-order valence-corrected chi connectivity index (χ2v) is 3.03. The Labute approximate surface area is 88.9 Å². The van der Waals surface area contributed by atoms with Crippen molar-refractivity contribution in [1.82, 2.24) is 5.32 Å². The lowest BCUT2D eigenvalue weighted by atomic mass is 10.0. The van der Waals surface area contributed by atoms with Gasteiger partial charge >= 0.3 is 6.09 Å². The molecule has 1 heterocycles. The molecule has 1 aliphatic heterocycles. The minimum Gasteiger partial charge on any atom is -0.449 e. The van der Waals surface area contributed by atoms with Crippen LogP contribution in [0.4, 0.5) is 4.79 Å². The van der Waals surface area contributed by atoms with Crippen molar-refractivity contribution in [3.8, 4) is 0 Å². The summed E-state index contributed by atoms with van der Waals surface area (Å²) in [6.45, 7) is 0.505. The van der Waals surface area contributed by atoms with Crippen LogP contribution in [0, 0.1) is 0 Å². The van der Waals surface area contributed by atoms with E-state index in [0.29, 0.717) is 6.61 Å². The van der Waals surface area contributed by atoms with Gasteiger partial charge in [0.1, 0.15) is 0 Å². The van der Waals surface area contributed by atoms with Gasteiger partial charge in [-0.15, -0.1) is 12.4 Å². The number of hydrogen-bond donors (Lipinski definition) is 1. The second kappa shape index (κ2) is 4.86. The van der Waals surface area contributed by atoms with E-state index in [1.54, 1.807) is 0 Å². The lowest BCUT2D eigenvalue weighted by molar-refractivity contribution is 0.115. The quantitative estimate of drug-likeness (QED) is 0.777. The van der Waals surface area contributed by atoms with Crippen LogP contribution >= 0.6 is 12.4 Å². The molecule has 0 unspecified atom stereocenters. The molecule has 2 rings (SSSR count). The summed E-state index contributed by atoms with van der Waals surface area (Å²) in [5.74, 6) is 0. The van der Waals surface area contributed by atoms with Crippen molar-refractivity contribution in [3.63, 3.8) is 0 Å². The zero-order valence-electron chi connectivity index (χ0n) is 7.60. The molecule has 0 aromatic heterocycles. The molecule has 76 valence electrons. The van der Waals surface area contributed by atoms with Crippen LogP contribution < -0.4 is 5.32 Å². The van der Waals surface area contributed by atoms with Crippen molar-refractivity contribution < 1.29 is 9.53 Å². The van der Waals surface area contributed by atoms with Gasteiger partial charge in [0.05, 0.1) is 12.6 Å². The molecule has 1 aromatic carbocycles. The molecule has 1 N–H and O–H groups in total. The fraction of sp³-hybridized carbons (Fsp3) is 0.300. The van der Waals surface area contributed by atoms with Gasteiger partial charge in [0.25, 0.3) is 0 Å². The van der Waals surface area contributed by atoms with E-state index in [4.69, 9.17) is 4.74 Å². The average Bonchev–Trinajstić information content (AvgIpc) is 2.19. The molecule has 1 amide bonds. The zero-order valence-corrected chi connectivity index (χ0v) is 8.42. The maximum absolute atomic E-state index is 10.9. The highest BCUT2D eigenvalue weighted by Crippen LogP contribution is 2.19. The summed E-state index contributed by atoms with van der Waals surface area (Å²) in [6, 6.07) is 10.0. The largest absolute Gasteiger partial charge is 0.449 e. The Balaban J connectivity index is 0.000000980. The summed E-state index contributed by atoms with van der Waals surface area (Å²) >= 11 is 0. The zero-order chi connectivity index (χ0) is 9.10. The smallest absolute Gasteiger partial charge is 0.407 e. The van der Waals surface area contributed by atoms with Crippen LogP contribution in [0.5, 0.6) is 0 Å². The van der Waals surface area contributed by atoms with E-state index < -0.39 is 0 Å². The Morgan fingerprint density at radius 1 is 1.29 bits per heavy atom. The van der Waals surface area contributed by atoms with Gasteiger partial charge in [0, 0.05) is 6.42 Å². The van der Waals surface area contributed by atoms with Crippen LogP contribution in [0.2, 0.25) is 0 Å². The first kappa shape index (κ1) is 10.9. The molecule has 1 aliphatic rings. The molecule has 1 aromatic rings. The number of halogens is 1. The normalized spacial score (nSPS) is 20.3. The van der Waals surface area contributed by atoms with E-state index in [9.17, 15) is 4.79 Å². The van der Waals surface area contributed by atoms with Crippen molar-refractivity contribution in [3.05, 3.63) is 35.9 Å². The molecule has 0 bridgehead atoms. The summed E-state index contributed by atoms with van der Waals surface area (Å²) < 4.78 is 4.78. The van der Waals surface area contributed by atoms with Gasteiger partial charge in [-0.3, -0.25) is 0 Å². The van der Waals surface area contributed by atoms with E-state index in [2.05, 4.69) is 5.32 Å². The van der Waals surface area contributed by atoms with Gasteiger partial charge in [-0.1, -0.05) is 30.3 Å². The molecule has 1 fully saturated rings. The number of cyclic esters (lactones) is 1. The Bertz CT molecular complexity index is 302. The minimum absolute atomic E-state index is 0. The third-order valence-electron chi connectivity index (χ3n) is 2.13. The van der Waals surface area contributed by atoms with Gasteiger partial charge in [0.2, 0.25) is 0 Å². The van der Waals surface area contributed by atoms with Crippen molar-refractivity contribution in [1.29, 1.82) is 0 Å². The molecule has 0 aliphatic carbocycles. The van der Waals surface area contributed by atoms with E-state index in [-0.39, 0.29) is 24.5 Å². The van der Waals surface area contributed by atoms with Gasteiger partial charge in [-0.05, 0) is 5.56 Å². The number of hydrogen-bond acceptors (Lipinski definition) is 2. The summed E-state index contributed by atoms with van der Waals surface area (Å²) in [5.41, 5.74) is 1.14. The number of carbonyl (C=O) groups is 1. The van der Waals surface area contributed by atoms with Gasteiger partial charge < -0.3 is 10.1 Å². The van der Waals surface area contributed by atoms with Crippen LogP contribution in [0.25, 0.3) is 0 Å². The van der Waals surface area contributed by atoms with E-state index in [1.165, 1.54) is 0 Å². The van der Waals surface area contributed by atoms with Crippen molar-refractivity contribution in [2.24, 2.45) is 0 Å². The highest BCUT2D eigenvalue weighted by Gasteiger charge is 2.19. The second-order valence-electron chi connectivity index (χ2n) is 3.03. The van der Waals surface area contributed by atoms with Gasteiger partial charge in [-0.2, -0.15) is 0 Å². The summed E-state index contributed by atoms with van der Waals surface area (Å²) in [7, 11) is 0. The van der Waals surface area contributed by atoms with Gasteiger partial charge in [0.15, 0.2) is 0 Å². The molecule has 1 atom stereocenters. The minimum atomic E-state index is -0.319. The van der Waals surface area contributed by atoms with E-state index >= 15 is 0 Å². The lowest BCUT2D eigenvalue weighted by Gasteiger charge is -2.23. The SMILES string of the molecule is Cl.O=C1N[C@@H](c2ccccc2)CCO1. The molecule has 0 spiro atoms. The Morgan fingerprint density at radius 2 is 2.00 bits per heavy atom. The Hall–Kier alpha value is -1.22. The first-order valence-corrected chi connectivity index (χ1v) is 4.34. The molecule has 0 radical (unpaired) electrons. The fourth-order valence-corrected chi connectivity index (χ4v) is 1.46. The van der Waals surface area contributed by atoms with Crippen molar-refractivity contribution >= 4 is 18.5 Å². The first-order chi connectivity index (χ1) is 6.36. The number of amides is 1. The Morgan fingerprint density at radius 3 is 2.64 bits per heavy atom. The predicted molar refractivity (Wildman–Crippen MR) is 55.5 cm³/mol. The average molecular weight is 214 g/mol. The lowest BCUT2D eigenvalue weighted by Crippen LogP contribution is -2.35. The Kier molecular flexibility index (Phi) is 3.77. The number of alkyl carbamates (subject to hydrolysis) is 1. The van der Waals surface area contributed by atoms with Crippen LogP contribution in [0.1, 0.15) is 18.0 Å². The van der Waals surface area contributed by atoms with Crippen molar-refractivity contribution in [2.45, 2.75) is 12.5 Å². The number of ether oxygens (including phenoxy) is 1. The maximum atomic E-state index is 10.9. The third-order valence-corrected chi connectivity index (χ3v) is 2.13. The van der Waals surface area contributed by atoms with Crippen LogP contribution in [-0.4, -0.2) is 12.7 Å². The summed E-state index contributed by atoms with van der Waals surface area (Å²) in [5, 5.41) is 2.77. The number of carbonyl (C=O) groups excluding carboxylic acids is 1. The topological polar surface area (TPSA) is 38.3 Å². The molecule has 14 heavy (non-hydrogen) atoms. The highest BCUT2D eigenvalue weighted by atomic mass is 35.5. The van der Waals surface area contributed by atoms with Crippen LogP contribution in [0.3, 0.4) is 0 Å². The fourth-order valence-electron chi connectivity index (χ4n) is 1.46. The molecule has 1 saturated heterocycles. The molecular weight excluding hydrogens is 202 g/mol. The molecule has 4 heteroatoms. The van der Waals surface area contributed by atoms with Crippen LogP contribution in [0.15, 0.2) is 30.3 Å². The number of nitrogens with one attached hydrogen (secondary N) is 1. The van der Waals surface area contributed by atoms with Crippen molar-refractivity contribution in [2.75, 3.05) is 6.61 Å². The van der Waals surface area contributed by atoms with E-state index in [0.717, 1.165) is 12.0 Å². The summed E-state index contributed by atoms with van der Waals surface area (Å²) in [6.07, 6.45) is 0.524. The summed E-state index contributed by atoms with van der Waals surface area (Å²) in [4.78, 5) is 10.9. The highest BCUT2D eigenvalue weighted by molar-refractivity contribution is 5.85. The predicted octanol–water partition coefficient (Wildman–Crippen LogP) is 2.28. The van der Waals surface area contributed by atoms with E-state index in [1.807, 2.05) is 30.3 Å². The first-order valence-electron chi connectivity index (χ1n) is 4.34. The number of rotatable bonds is 1. The van der Waals surface area contributed by atoms with Crippen LogP contribution in [-0.2, 0) is 4.74 Å². The van der Waals surface area contributed by atoms with Gasteiger partial charge in [-0.25, -0.2) is 4.79 Å². The monoisotopic (exact) mass is 213 g/mol. The maximum Gasteiger partial charge on any atom is 0.407 e. The third kappa shape index (κ3) is 2.39. The molecular formula is C10H12ClNO2.